The van der Waals surface area contributed by atoms with Gasteiger partial charge in [-0.15, -0.1) is 0 Å². The third-order valence-corrected chi connectivity index (χ3v) is 3.66. The van der Waals surface area contributed by atoms with Gasteiger partial charge < -0.3 is 15.4 Å². The molecule has 8 nitrogen and oxygen atoms in total. The monoisotopic (exact) mass is 396 g/mol. The molecule has 0 spiro atoms. The van der Waals surface area contributed by atoms with Crippen LogP contribution in [-0.2, 0) is 14.4 Å². The molecule has 0 atom stereocenters. The molecule has 0 saturated carbocycles. The summed E-state index contributed by atoms with van der Waals surface area (Å²) in [5.74, 6) is -1.40. The maximum atomic E-state index is 12.1. The lowest BCUT2D eigenvalue weighted by Crippen LogP contribution is -2.37. The highest BCUT2D eigenvalue weighted by molar-refractivity contribution is 6.35. The molecule has 0 aliphatic heterocycles. The molecule has 0 heterocycles. The molecular weight excluding hydrogens is 372 g/mol. The van der Waals surface area contributed by atoms with Crippen molar-refractivity contribution in [2.45, 2.75) is 20.8 Å². The molecule has 0 unspecified atom stereocenters. The van der Waals surface area contributed by atoms with Crippen LogP contribution in [0.3, 0.4) is 0 Å². The van der Waals surface area contributed by atoms with Gasteiger partial charge in [-0.2, -0.15) is 5.10 Å². The molecule has 152 valence electrons. The smallest absolute Gasteiger partial charge is 0.329 e. The summed E-state index contributed by atoms with van der Waals surface area (Å²) in [6.45, 7) is 5.84. The van der Waals surface area contributed by atoms with Gasteiger partial charge in [0.2, 0.25) is 0 Å². The van der Waals surface area contributed by atoms with E-state index in [1.165, 1.54) is 6.21 Å². The maximum Gasteiger partial charge on any atom is 0.329 e. The number of ether oxygens (including phenoxy) is 1. The fourth-order valence-electron chi connectivity index (χ4n) is 2.53. The summed E-state index contributed by atoms with van der Waals surface area (Å²) in [5.41, 5.74) is 5.62. The van der Waals surface area contributed by atoms with Crippen LogP contribution < -0.4 is 20.8 Å². The Morgan fingerprint density at radius 2 is 1.76 bits per heavy atom. The van der Waals surface area contributed by atoms with E-state index in [9.17, 15) is 14.4 Å². The van der Waals surface area contributed by atoms with Crippen molar-refractivity contribution in [3.05, 3.63) is 59.2 Å². The van der Waals surface area contributed by atoms with Crippen LogP contribution >= 0.6 is 0 Å². The number of anilines is 1. The lowest BCUT2D eigenvalue weighted by molar-refractivity contribution is -0.139. The molecule has 0 radical (unpaired) electrons. The van der Waals surface area contributed by atoms with Crippen LogP contribution in [0.1, 0.15) is 23.6 Å². The van der Waals surface area contributed by atoms with E-state index in [-0.39, 0.29) is 12.5 Å². The quantitative estimate of drug-likeness (QED) is 0.377. The van der Waals surface area contributed by atoms with E-state index in [1.54, 1.807) is 31.2 Å². The summed E-state index contributed by atoms with van der Waals surface area (Å²) in [7, 11) is 0. The van der Waals surface area contributed by atoms with Crippen molar-refractivity contribution in [1.82, 2.24) is 10.7 Å². The van der Waals surface area contributed by atoms with Gasteiger partial charge in [-0.25, -0.2) is 5.43 Å². The fourth-order valence-corrected chi connectivity index (χ4v) is 2.53. The highest BCUT2D eigenvalue weighted by Crippen LogP contribution is 2.15. The molecule has 0 aromatic heterocycles. The largest absolute Gasteiger partial charge is 0.484 e. The Balaban J connectivity index is 1.87. The van der Waals surface area contributed by atoms with Gasteiger partial charge in [0.1, 0.15) is 5.75 Å². The van der Waals surface area contributed by atoms with Gasteiger partial charge in [0, 0.05) is 12.2 Å². The third kappa shape index (κ3) is 7.45. The number of benzene rings is 2. The molecule has 0 bridgehead atoms. The SMILES string of the molecule is CCNC(=O)C(=O)N/N=C\c1cccc(OCC(=O)Nc2cc(C)cc(C)c2)c1. The van der Waals surface area contributed by atoms with Crippen molar-refractivity contribution in [3.8, 4) is 5.75 Å². The highest BCUT2D eigenvalue weighted by Gasteiger charge is 2.10. The van der Waals surface area contributed by atoms with Gasteiger partial charge in [-0.3, -0.25) is 14.4 Å². The van der Waals surface area contributed by atoms with Crippen molar-refractivity contribution < 1.29 is 19.1 Å². The Morgan fingerprint density at radius 3 is 2.45 bits per heavy atom. The number of likely N-dealkylation sites (N-methyl/N-ethyl adjacent to an activating group) is 1. The molecule has 2 aromatic rings. The van der Waals surface area contributed by atoms with Crippen molar-refractivity contribution >= 4 is 29.6 Å². The number of hydrogen-bond donors (Lipinski definition) is 3. The molecule has 29 heavy (non-hydrogen) atoms. The number of nitrogens with one attached hydrogen (secondary N) is 3. The summed E-state index contributed by atoms with van der Waals surface area (Å²) in [6.07, 6.45) is 1.37. The van der Waals surface area contributed by atoms with E-state index in [0.717, 1.165) is 16.8 Å². The molecule has 3 amide bonds. The number of hydrazone groups is 1. The second-order valence-corrected chi connectivity index (χ2v) is 6.34. The van der Waals surface area contributed by atoms with E-state index in [2.05, 4.69) is 21.2 Å². The first kappa shape index (κ1) is 21.6. The van der Waals surface area contributed by atoms with Gasteiger partial charge in [0.05, 0.1) is 6.21 Å². The van der Waals surface area contributed by atoms with E-state index in [0.29, 0.717) is 17.9 Å². The topological polar surface area (TPSA) is 109 Å². The molecule has 0 saturated heterocycles. The predicted octanol–water partition coefficient (Wildman–Crippen LogP) is 1.91. The van der Waals surface area contributed by atoms with E-state index < -0.39 is 11.8 Å². The van der Waals surface area contributed by atoms with E-state index in [1.807, 2.05) is 32.0 Å². The molecule has 3 N–H and O–H groups in total. The summed E-state index contributed by atoms with van der Waals surface area (Å²) >= 11 is 0. The number of amides is 3. The average molecular weight is 396 g/mol. The Morgan fingerprint density at radius 1 is 1.03 bits per heavy atom. The summed E-state index contributed by atoms with van der Waals surface area (Å²) < 4.78 is 5.51. The van der Waals surface area contributed by atoms with Crippen LogP contribution in [-0.4, -0.2) is 37.1 Å². The van der Waals surface area contributed by atoms with Crippen LogP contribution in [0.2, 0.25) is 0 Å². The van der Waals surface area contributed by atoms with Gasteiger partial charge in [-0.1, -0.05) is 18.2 Å². The Hall–Kier alpha value is -3.68. The minimum absolute atomic E-state index is 0.151. The van der Waals surface area contributed by atoms with Crippen LogP contribution in [0.15, 0.2) is 47.6 Å². The summed E-state index contributed by atoms with van der Waals surface area (Å²) in [6, 6.07) is 12.6. The zero-order valence-electron chi connectivity index (χ0n) is 16.6. The van der Waals surface area contributed by atoms with Crippen LogP contribution in [0.4, 0.5) is 5.69 Å². The first-order valence-corrected chi connectivity index (χ1v) is 9.09. The number of carbonyl (C=O) groups excluding carboxylic acids is 3. The second kappa shape index (κ2) is 10.6. The Bertz CT molecular complexity index is 904. The van der Waals surface area contributed by atoms with Crippen molar-refractivity contribution in [2.75, 3.05) is 18.5 Å². The minimum atomic E-state index is -0.849. The second-order valence-electron chi connectivity index (χ2n) is 6.34. The van der Waals surface area contributed by atoms with Crippen LogP contribution in [0.25, 0.3) is 0 Å². The first-order chi connectivity index (χ1) is 13.9. The number of aryl methyl sites for hydroxylation is 2. The number of rotatable bonds is 7. The molecule has 0 aliphatic carbocycles. The van der Waals surface area contributed by atoms with Gasteiger partial charge >= 0.3 is 11.8 Å². The van der Waals surface area contributed by atoms with Crippen molar-refractivity contribution in [3.63, 3.8) is 0 Å². The molecular formula is C21H24N4O4. The molecule has 2 aromatic carbocycles. The van der Waals surface area contributed by atoms with Crippen LogP contribution in [0, 0.1) is 13.8 Å². The summed E-state index contributed by atoms with van der Waals surface area (Å²) in [5, 5.41) is 8.90. The lowest BCUT2D eigenvalue weighted by Gasteiger charge is -2.09. The zero-order chi connectivity index (χ0) is 21.2. The van der Waals surface area contributed by atoms with Gasteiger partial charge in [0.15, 0.2) is 6.61 Å². The van der Waals surface area contributed by atoms with E-state index >= 15 is 0 Å². The Kier molecular flexibility index (Phi) is 7.90. The minimum Gasteiger partial charge on any atom is -0.484 e. The average Bonchev–Trinajstić information content (AvgIpc) is 2.66. The number of nitrogens with zero attached hydrogens (tertiary/aromatic N) is 1. The van der Waals surface area contributed by atoms with Gasteiger partial charge in [0.25, 0.3) is 5.91 Å². The lowest BCUT2D eigenvalue weighted by atomic mass is 10.1. The standard InChI is InChI=1S/C21H24N4O4/c1-4-22-20(27)21(28)25-23-12-16-6-5-7-18(11-16)29-13-19(26)24-17-9-14(2)8-15(3)10-17/h5-12H,4,13H2,1-3H3,(H,22,27)(H,24,26)(H,25,28)/b23-12-. The third-order valence-electron chi connectivity index (χ3n) is 3.66. The number of carbonyl (C=O) groups is 3. The van der Waals surface area contributed by atoms with E-state index in [4.69, 9.17) is 4.74 Å². The maximum absolute atomic E-state index is 12.1. The van der Waals surface area contributed by atoms with Crippen molar-refractivity contribution in [1.29, 1.82) is 0 Å². The molecule has 2 rings (SSSR count). The van der Waals surface area contributed by atoms with Gasteiger partial charge in [-0.05, 0) is 61.7 Å². The normalized spacial score (nSPS) is 10.4. The van der Waals surface area contributed by atoms with Crippen molar-refractivity contribution in [2.24, 2.45) is 5.10 Å². The summed E-state index contributed by atoms with van der Waals surface area (Å²) in [4.78, 5) is 34.9. The number of hydrogen-bond acceptors (Lipinski definition) is 5. The highest BCUT2D eigenvalue weighted by atomic mass is 16.5. The fraction of sp³-hybridized carbons (Fsp3) is 0.238. The molecule has 8 heteroatoms. The zero-order valence-corrected chi connectivity index (χ0v) is 16.6. The first-order valence-electron chi connectivity index (χ1n) is 9.09. The predicted molar refractivity (Wildman–Crippen MR) is 111 cm³/mol. The molecule has 0 aliphatic rings. The Labute approximate surface area is 169 Å². The molecule has 0 fully saturated rings. The van der Waals surface area contributed by atoms with Crippen LogP contribution in [0.5, 0.6) is 5.75 Å².